The lowest BCUT2D eigenvalue weighted by Crippen LogP contribution is -2.63. The molecular formula is C55H48F2N2Si2. The van der Waals surface area contributed by atoms with Crippen molar-refractivity contribution in [1.82, 2.24) is 0 Å². The van der Waals surface area contributed by atoms with E-state index in [1.807, 2.05) is 94.7 Å². The number of nitrogens with zero attached hydrogens (tertiary/aromatic N) is 2. The number of anilines is 6. The van der Waals surface area contributed by atoms with Crippen LogP contribution in [0.15, 0.2) is 182 Å². The quantitative estimate of drug-likeness (QED) is 0.111. The van der Waals surface area contributed by atoms with E-state index in [-0.39, 0.29) is 16.3 Å². The summed E-state index contributed by atoms with van der Waals surface area (Å²) in [5.41, 5.74) is 10.2. The first kappa shape index (κ1) is 38.8. The Balaban J connectivity index is 1.27. The third-order valence-corrected chi connectivity index (χ3v) is 23.0. The predicted octanol–water partition coefficient (Wildman–Crippen LogP) is 16.4. The van der Waals surface area contributed by atoms with Gasteiger partial charge in [-0.2, -0.15) is 0 Å². The molecule has 0 aliphatic heterocycles. The Labute approximate surface area is 359 Å². The van der Waals surface area contributed by atoms with Gasteiger partial charge < -0.3 is 9.80 Å². The monoisotopic (exact) mass is 830 g/mol. The van der Waals surface area contributed by atoms with E-state index in [9.17, 15) is 0 Å². The smallest absolute Gasteiger partial charge is 0.147 e. The van der Waals surface area contributed by atoms with Gasteiger partial charge in [0.25, 0.3) is 0 Å². The van der Waals surface area contributed by atoms with Crippen molar-refractivity contribution in [2.75, 3.05) is 9.80 Å². The van der Waals surface area contributed by atoms with Crippen molar-refractivity contribution in [2.45, 2.75) is 43.9 Å². The highest BCUT2D eigenvalue weighted by atomic mass is 28.4. The summed E-state index contributed by atoms with van der Waals surface area (Å²) in [6.45, 7) is 15.4. The van der Waals surface area contributed by atoms with Crippen LogP contribution in [0, 0.1) is 11.6 Å². The fourth-order valence-electron chi connectivity index (χ4n) is 11.1. The van der Waals surface area contributed by atoms with Crippen LogP contribution >= 0.6 is 0 Å². The van der Waals surface area contributed by atoms with Crippen LogP contribution < -0.4 is 9.80 Å². The molecule has 0 aromatic heterocycles. The molecule has 0 fully saturated rings. The molecule has 1 aliphatic carbocycles. The number of benzene rings is 9. The van der Waals surface area contributed by atoms with Gasteiger partial charge in [0.05, 0.1) is 27.5 Å². The van der Waals surface area contributed by atoms with Crippen LogP contribution in [-0.2, 0) is 4.66 Å². The first-order valence-corrected chi connectivity index (χ1v) is 28.2. The Bertz CT molecular complexity index is 3140. The van der Waals surface area contributed by atoms with Gasteiger partial charge in [0.2, 0.25) is 0 Å². The maximum atomic E-state index is 15.8. The minimum absolute atomic E-state index is 0.204. The third kappa shape index (κ3) is 5.91. The highest BCUT2D eigenvalue weighted by Crippen LogP contribution is 2.63. The molecule has 6 heteroatoms. The van der Waals surface area contributed by atoms with Gasteiger partial charge in [-0.1, -0.05) is 148 Å². The maximum absolute atomic E-state index is 15.8. The van der Waals surface area contributed by atoms with Crippen LogP contribution in [0.1, 0.15) is 11.1 Å². The Kier molecular flexibility index (Phi) is 9.16. The van der Waals surface area contributed by atoms with Crippen molar-refractivity contribution >= 4 is 82.6 Å². The van der Waals surface area contributed by atoms with Gasteiger partial charge in [0.15, 0.2) is 0 Å². The fourth-order valence-corrected chi connectivity index (χ4v) is 24.1. The number of para-hydroxylation sites is 4. The van der Waals surface area contributed by atoms with Gasteiger partial charge in [-0.3, -0.25) is 0 Å². The van der Waals surface area contributed by atoms with Gasteiger partial charge in [-0.05, 0) is 127 Å². The lowest BCUT2D eigenvalue weighted by molar-refractivity contribution is 0.628. The molecule has 0 saturated heterocycles. The zero-order valence-corrected chi connectivity index (χ0v) is 37.5. The zero-order chi connectivity index (χ0) is 42.3. The molecule has 10 rings (SSSR count). The largest absolute Gasteiger partial charge is 0.308 e. The van der Waals surface area contributed by atoms with E-state index in [1.165, 1.54) is 61.3 Å². The molecule has 0 N–H and O–H groups in total. The minimum atomic E-state index is -2.19. The molecule has 1 aliphatic rings. The average molecular weight is 831 g/mol. The lowest BCUT2D eigenvalue weighted by Gasteiger charge is -2.52. The molecule has 0 spiro atoms. The van der Waals surface area contributed by atoms with Crippen molar-refractivity contribution in [2.24, 2.45) is 0 Å². The SMILES string of the molecule is C[Si](C)(C)C1([Si](C)(C)C)c2c(ccc3cc(N(c4ccccc4)c4ccccc4F)ccc23)-c2c1c1ccc(N(c3ccccc3)c3ccccc3F)cc1c1ccccc21. The zero-order valence-electron chi connectivity index (χ0n) is 35.5. The summed E-state index contributed by atoms with van der Waals surface area (Å²) in [5, 5.41) is 7.26. The standard InChI is InChI=1S/C55H48F2N2Si2/c1-60(2,3)55(61(4,5)6)53-42-33-30-40(58(38-19-9-7-10-20-38)50-27-17-15-25-48(50)56)35-37(42)29-32-46(53)52-44-24-14-13-23-43(44)47-36-41(31-34-45(47)54(52)55)59(39-21-11-8-12-22-39)51-28-18-16-26-49(51)57/h7-36H,1-6H3. The number of hydrogen-bond acceptors (Lipinski definition) is 2. The van der Waals surface area contributed by atoms with E-state index in [1.54, 1.807) is 12.1 Å². The first-order valence-electron chi connectivity index (χ1n) is 21.2. The molecule has 0 radical (unpaired) electrons. The Hall–Kier alpha value is -6.35. The van der Waals surface area contributed by atoms with Crippen molar-refractivity contribution in [3.8, 4) is 11.1 Å². The molecule has 0 heterocycles. The highest BCUT2D eigenvalue weighted by Gasteiger charge is 2.60. The Morgan fingerprint density at radius 1 is 0.377 bits per heavy atom. The summed E-state index contributed by atoms with van der Waals surface area (Å²) in [7, 11) is -4.38. The number of fused-ring (bicyclic) bond motifs is 10. The summed E-state index contributed by atoms with van der Waals surface area (Å²) < 4.78 is 31.3. The van der Waals surface area contributed by atoms with Gasteiger partial charge in [0.1, 0.15) is 11.6 Å². The first-order chi connectivity index (χ1) is 29.4. The molecule has 9 aromatic carbocycles. The van der Waals surface area contributed by atoms with E-state index < -0.39 is 16.1 Å². The number of hydrogen-bond donors (Lipinski definition) is 0. The summed E-state index contributed by atoms with van der Waals surface area (Å²) in [4.78, 5) is 4.07. The second kappa shape index (κ2) is 14.4. The Morgan fingerprint density at radius 3 is 1.39 bits per heavy atom. The molecule has 61 heavy (non-hydrogen) atoms. The van der Waals surface area contributed by atoms with E-state index in [2.05, 4.69) is 112 Å². The molecule has 0 unspecified atom stereocenters. The topological polar surface area (TPSA) is 6.48 Å². The van der Waals surface area contributed by atoms with Crippen molar-refractivity contribution in [3.63, 3.8) is 0 Å². The normalized spacial score (nSPS) is 13.4. The predicted molar refractivity (Wildman–Crippen MR) is 261 cm³/mol. The highest BCUT2D eigenvalue weighted by molar-refractivity contribution is 7.00. The van der Waals surface area contributed by atoms with E-state index in [0.717, 1.165) is 28.1 Å². The summed E-state index contributed by atoms with van der Waals surface area (Å²) in [5.74, 6) is -0.539. The minimum Gasteiger partial charge on any atom is -0.308 e. The van der Waals surface area contributed by atoms with Gasteiger partial charge in [-0.25, -0.2) is 8.78 Å². The van der Waals surface area contributed by atoms with E-state index in [0.29, 0.717) is 11.4 Å². The van der Waals surface area contributed by atoms with E-state index >= 15 is 8.78 Å². The third-order valence-electron chi connectivity index (χ3n) is 13.0. The van der Waals surface area contributed by atoms with Crippen LogP contribution in [0.2, 0.25) is 39.3 Å². The fraction of sp³-hybridized carbons (Fsp3) is 0.127. The van der Waals surface area contributed by atoms with Gasteiger partial charge in [0, 0.05) is 27.4 Å². The van der Waals surface area contributed by atoms with Crippen molar-refractivity contribution in [3.05, 3.63) is 205 Å². The molecule has 0 amide bonds. The summed E-state index contributed by atoms with van der Waals surface area (Å²) in [6, 6.07) is 61.3. The molecule has 0 atom stereocenters. The van der Waals surface area contributed by atoms with Crippen LogP contribution in [0.5, 0.6) is 0 Å². The molecular weight excluding hydrogens is 783 g/mol. The molecule has 300 valence electrons. The van der Waals surface area contributed by atoms with Gasteiger partial charge >= 0.3 is 0 Å². The average Bonchev–Trinajstić information content (AvgIpc) is 3.60. The van der Waals surface area contributed by atoms with Crippen molar-refractivity contribution < 1.29 is 8.78 Å². The lowest BCUT2D eigenvalue weighted by atomic mass is 9.91. The molecule has 2 nitrogen and oxygen atoms in total. The number of halogens is 2. The molecule has 9 aromatic rings. The van der Waals surface area contributed by atoms with Crippen LogP contribution in [0.4, 0.5) is 42.9 Å². The second-order valence-corrected chi connectivity index (χ2v) is 29.4. The summed E-state index contributed by atoms with van der Waals surface area (Å²) in [6.07, 6.45) is 0. The summed E-state index contributed by atoms with van der Waals surface area (Å²) >= 11 is 0. The number of rotatable bonds is 8. The maximum Gasteiger partial charge on any atom is 0.147 e. The van der Waals surface area contributed by atoms with E-state index in [4.69, 9.17) is 0 Å². The Morgan fingerprint density at radius 2 is 0.852 bits per heavy atom. The van der Waals surface area contributed by atoms with Gasteiger partial charge in [-0.15, -0.1) is 0 Å². The second-order valence-electron chi connectivity index (χ2n) is 18.4. The van der Waals surface area contributed by atoms with Crippen molar-refractivity contribution in [1.29, 1.82) is 0 Å². The van der Waals surface area contributed by atoms with Crippen LogP contribution in [0.25, 0.3) is 43.4 Å². The molecule has 0 saturated carbocycles. The van der Waals surface area contributed by atoms with Crippen LogP contribution in [0.3, 0.4) is 0 Å². The molecule has 0 bridgehead atoms. The van der Waals surface area contributed by atoms with Crippen LogP contribution in [-0.4, -0.2) is 16.1 Å².